The van der Waals surface area contributed by atoms with Gasteiger partial charge in [-0.15, -0.1) is 0 Å². The number of nitrogens with zero attached hydrogens (tertiary/aromatic N) is 1. The van der Waals surface area contributed by atoms with Gasteiger partial charge in [-0.1, -0.05) is 0 Å². The summed E-state index contributed by atoms with van der Waals surface area (Å²) >= 11 is 0. The summed E-state index contributed by atoms with van der Waals surface area (Å²) in [7, 11) is 3.21. The summed E-state index contributed by atoms with van der Waals surface area (Å²) in [6, 6.07) is 9.25. The van der Waals surface area contributed by atoms with Gasteiger partial charge in [-0.05, 0) is 30.3 Å². The van der Waals surface area contributed by atoms with Crippen LogP contribution in [0.1, 0.15) is 10.4 Å². The lowest BCUT2D eigenvalue weighted by atomic mass is 10.2. The van der Waals surface area contributed by atoms with E-state index in [1.165, 1.54) is 6.20 Å². The SMILES string of the molecule is COCCNC(=O)c1cncc(Nc2ccc(OC)cc2)c1. The van der Waals surface area contributed by atoms with Crippen molar-refractivity contribution in [3.8, 4) is 5.75 Å². The Labute approximate surface area is 129 Å². The van der Waals surface area contributed by atoms with E-state index in [-0.39, 0.29) is 5.91 Å². The van der Waals surface area contributed by atoms with E-state index in [0.29, 0.717) is 18.7 Å². The maximum absolute atomic E-state index is 12.0. The molecule has 0 saturated heterocycles. The average Bonchev–Trinajstić information content (AvgIpc) is 2.56. The van der Waals surface area contributed by atoms with E-state index in [1.54, 1.807) is 26.5 Å². The van der Waals surface area contributed by atoms with Crippen LogP contribution in [0.3, 0.4) is 0 Å². The molecule has 2 N–H and O–H groups in total. The minimum Gasteiger partial charge on any atom is -0.497 e. The smallest absolute Gasteiger partial charge is 0.253 e. The van der Waals surface area contributed by atoms with Gasteiger partial charge in [0, 0.05) is 25.5 Å². The Kier molecular flexibility index (Phi) is 5.73. The third-order valence-electron chi connectivity index (χ3n) is 2.97. The topological polar surface area (TPSA) is 72.5 Å². The number of ether oxygens (including phenoxy) is 2. The number of nitrogens with one attached hydrogen (secondary N) is 2. The summed E-state index contributed by atoms with van der Waals surface area (Å²) in [6.45, 7) is 0.939. The Morgan fingerprint density at radius 3 is 2.59 bits per heavy atom. The monoisotopic (exact) mass is 301 g/mol. The number of rotatable bonds is 7. The summed E-state index contributed by atoms with van der Waals surface area (Å²) in [6.07, 6.45) is 3.19. The van der Waals surface area contributed by atoms with E-state index >= 15 is 0 Å². The standard InChI is InChI=1S/C16H19N3O3/c1-21-8-7-18-16(20)12-9-14(11-17-10-12)19-13-3-5-15(22-2)6-4-13/h3-6,9-11,19H,7-8H2,1-2H3,(H,18,20). The van der Waals surface area contributed by atoms with Crippen LogP contribution in [0.2, 0.25) is 0 Å². The van der Waals surface area contributed by atoms with Crippen molar-refractivity contribution in [1.29, 1.82) is 0 Å². The van der Waals surface area contributed by atoms with Gasteiger partial charge in [-0.2, -0.15) is 0 Å². The van der Waals surface area contributed by atoms with Gasteiger partial charge in [0.25, 0.3) is 5.91 Å². The second kappa shape index (κ2) is 7.99. The van der Waals surface area contributed by atoms with Gasteiger partial charge in [-0.25, -0.2) is 0 Å². The third kappa shape index (κ3) is 4.46. The average molecular weight is 301 g/mol. The molecule has 0 unspecified atom stereocenters. The molecule has 116 valence electrons. The van der Waals surface area contributed by atoms with Crippen LogP contribution >= 0.6 is 0 Å². The van der Waals surface area contributed by atoms with Crippen LogP contribution in [-0.4, -0.2) is 38.3 Å². The van der Waals surface area contributed by atoms with Gasteiger partial charge >= 0.3 is 0 Å². The highest BCUT2D eigenvalue weighted by Gasteiger charge is 2.06. The molecule has 0 fully saturated rings. The fourth-order valence-corrected chi connectivity index (χ4v) is 1.84. The van der Waals surface area contributed by atoms with E-state index in [2.05, 4.69) is 15.6 Å². The number of carbonyl (C=O) groups is 1. The summed E-state index contributed by atoms with van der Waals surface area (Å²) in [5.41, 5.74) is 2.12. The molecule has 2 rings (SSSR count). The Morgan fingerprint density at radius 1 is 1.14 bits per heavy atom. The lowest BCUT2D eigenvalue weighted by molar-refractivity contribution is 0.0937. The molecule has 1 aromatic carbocycles. The number of benzene rings is 1. The molecule has 0 atom stereocenters. The lowest BCUT2D eigenvalue weighted by Crippen LogP contribution is -2.27. The molecule has 0 aliphatic heterocycles. The van der Waals surface area contributed by atoms with Crippen LogP contribution in [0.4, 0.5) is 11.4 Å². The summed E-state index contributed by atoms with van der Waals surface area (Å²) in [4.78, 5) is 16.0. The van der Waals surface area contributed by atoms with Crippen molar-refractivity contribution in [2.45, 2.75) is 0 Å². The zero-order valence-electron chi connectivity index (χ0n) is 12.6. The van der Waals surface area contributed by atoms with Crippen molar-refractivity contribution in [2.75, 3.05) is 32.7 Å². The molecule has 0 radical (unpaired) electrons. The molecule has 1 amide bonds. The quantitative estimate of drug-likeness (QED) is 0.767. The Morgan fingerprint density at radius 2 is 1.91 bits per heavy atom. The third-order valence-corrected chi connectivity index (χ3v) is 2.97. The molecule has 6 heteroatoms. The number of amides is 1. The predicted molar refractivity (Wildman–Crippen MR) is 84.7 cm³/mol. The molecule has 22 heavy (non-hydrogen) atoms. The normalized spacial score (nSPS) is 10.1. The van der Waals surface area contributed by atoms with Crippen LogP contribution in [0, 0.1) is 0 Å². The van der Waals surface area contributed by atoms with E-state index < -0.39 is 0 Å². The fourth-order valence-electron chi connectivity index (χ4n) is 1.84. The highest BCUT2D eigenvalue weighted by Crippen LogP contribution is 2.19. The second-order valence-electron chi connectivity index (χ2n) is 4.56. The van der Waals surface area contributed by atoms with Gasteiger partial charge in [0.15, 0.2) is 0 Å². The van der Waals surface area contributed by atoms with Crippen molar-refractivity contribution in [3.63, 3.8) is 0 Å². The van der Waals surface area contributed by atoms with Gasteiger partial charge in [0.05, 0.1) is 31.2 Å². The van der Waals surface area contributed by atoms with E-state index in [1.807, 2.05) is 24.3 Å². The first kappa shape index (κ1) is 15.8. The van der Waals surface area contributed by atoms with Crippen LogP contribution < -0.4 is 15.4 Å². The molecule has 0 spiro atoms. The molecular formula is C16H19N3O3. The minimum absolute atomic E-state index is 0.178. The molecule has 0 aliphatic carbocycles. The molecule has 1 heterocycles. The minimum atomic E-state index is -0.178. The largest absolute Gasteiger partial charge is 0.497 e. The molecule has 1 aromatic heterocycles. The van der Waals surface area contributed by atoms with E-state index in [0.717, 1.165) is 17.1 Å². The zero-order chi connectivity index (χ0) is 15.8. The predicted octanol–water partition coefficient (Wildman–Crippen LogP) is 2.21. The molecule has 0 saturated carbocycles. The number of carbonyl (C=O) groups excluding carboxylic acids is 1. The number of aromatic nitrogens is 1. The van der Waals surface area contributed by atoms with Crippen LogP contribution in [0.5, 0.6) is 5.75 Å². The van der Waals surface area contributed by atoms with Crippen molar-refractivity contribution in [3.05, 3.63) is 48.3 Å². The molecule has 0 aliphatic rings. The van der Waals surface area contributed by atoms with Gasteiger partial charge < -0.3 is 20.1 Å². The first-order valence-electron chi connectivity index (χ1n) is 6.86. The maximum atomic E-state index is 12.0. The maximum Gasteiger partial charge on any atom is 0.253 e. The molecular weight excluding hydrogens is 282 g/mol. The summed E-state index contributed by atoms with van der Waals surface area (Å²) < 4.78 is 10.0. The highest BCUT2D eigenvalue weighted by atomic mass is 16.5. The van der Waals surface area contributed by atoms with Gasteiger partial charge in [0.1, 0.15) is 5.75 Å². The first-order valence-corrected chi connectivity index (χ1v) is 6.86. The van der Waals surface area contributed by atoms with Crippen molar-refractivity contribution in [2.24, 2.45) is 0 Å². The Bertz CT molecular complexity index is 614. The number of anilines is 2. The summed E-state index contributed by atoms with van der Waals surface area (Å²) in [5, 5.41) is 5.95. The zero-order valence-corrected chi connectivity index (χ0v) is 12.6. The summed E-state index contributed by atoms with van der Waals surface area (Å²) in [5.74, 6) is 0.609. The molecule has 0 bridgehead atoms. The van der Waals surface area contributed by atoms with Crippen LogP contribution in [-0.2, 0) is 4.74 Å². The van der Waals surface area contributed by atoms with Crippen LogP contribution in [0.25, 0.3) is 0 Å². The first-order chi connectivity index (χ1) is 10.7. The van der Waals surface area contributed by atoms with Crippen molar-refractivity contribution < 1.29 is 14.3 Å². The molecule has 2 aromatic rings. The Balaban J connectivity index is 2.02. The Hall–Kier alpha value is -2.60. The van der Waals surface area contributed by atoms with Crippen molar-refractivity contribution >= 4 is 17.3 Å². The lowest BCUT2D eigenvalue weighted by Gasteiger charge is -2.09. The number of hydrogen-bond donors (Lipinski definition) is 2. The van der Waals surface area contributed by atoms with E-state index in [9.17, 15) is 4.79 Å². The van der Waals surface area contributed by atoms with Crippen molar-refractivity contribution in [1.82, 2.24) is 10.3 Å². The number of methoxy groups -OCH3 is 2. The fraction of sp³-hybridized carbons (Fsp3) is 0.250. The number of hydrogen-bond acceptors (Lipinski definition) is 5. The van der Waals surface area contributed by atoms with E-state index in [4.69, 9.17) is 9.47 Å². The van der Waals surface area contributed by atoms with Crippen LogP contribution in [0.15, 0.2) is 42.7 Å². The molecule has 6 nitrogen and oxygen atoms in total. The highest BCUT2D eigenvalue weighted by molar-refractivity contribution is 5.94. The second-order valence-corrected chi connectivity index (χ2v) is 4.56. The van der Waals surface area contributed by atoms with Gasteiger partial charge in [-0.3, -0.25) is 9.78 Å². The number of pyridine rings is 1. The van der Waals surface area contributed by atoms with Gasteiger partial charge in [0.2, 0.25) is 0 Å².